The van der Waals surface area contributed by atoms with Crippen LogP contribution in [0.15, 0.2) is 64.4 Å². The Balaban J connectivity index is 1.20. The molecular formula is C21H19ClN6O2S. The molecular weight excluding hydrogens is 436 g/mol. The van der Waals surface area contributed by atoms with E-state index in [-0.39, 0.29) is 11.7 Å². The van der Waals surface area contributed by atoms with Gasteiger partial charge in [-0.05, 0) is 48.5 Å². The average molecular weight is 455 g/mol. The molecule has 1 aromatic carbocycles. The number of amides is 1. The van der Waals surface area contributed by atoms with Gasteiger partial charge in [0.05, 0.1) is 12.0 Å². The Kier molecular flexibility index (Phi) is 5.52. The molecule has 10 heteroatoms. The summed E-state index contributed by atoms with van der Waals surface area (Å²) in [5, 5.41) is 14.2. The van der Waals surface area contributed by atoms with Crippen LogP contribution in [0.25, 0.3) is 17.1 Å². The highest BCUT2D eigenvalue weighted by Crippen LogP contribution is 2.22. The predicted octanol–water partition coefficient (Wildman–Crippen LogP) is 3.48. The summed E-state index contributed by atoms with van der Waals surface area (Å²) in [5.74, 6) is 1.04. The molecule has 5 rings (SSSR count). The first-order valence-electron chi connectivity index (χ1n) is 9.85. The Labute approximate surface area is 187 Å². The van der Waals surface area contributed by atoms with Crippen LogP contribution in [0.5, 0.6) is 0 Å². The zero-order valence-corrected chi connectivity index (χ0v) is 18.1. The number of thioether (sulfide) groups is 1. The number of furan rings is 1. The number of halogens is 1. The lowest BCUT2D eigenvalue weighted by molar-refractivity contribution is -0.128. The highest BCUT2D eigenvalue weighted by atomic mass is 35.5. The van der Waals surface area contributed by atoms with Crippen LogP contribution in [-0.4, -0.2) is 62.6 Å². The maximum atomic E-state index is 12.7. The van der Waals surface area contributed by atoms with Crippen molar-refractivity contribution in [1.82, 2.24) is 24.7 Å². The van der Waals surface area contributed by atoms with Gasteiger partial charge in [0.1, 0.15) is 5.69 Å². The molecule has 0 unspecified atom stereocenters. The second kappa shape index (κ2) is 8.60. The van der Waals surface area contributed by atoms with Crippen molar-refractivity contribution in [3.05, 3.63) is 59.8 Å². The topological polar surface area (TPSA) is 79.8 Å². The van der Waals surface area contributed by atoms with Crippen LogP contribution in [0.2, 0.25) is 5.02 Å². The predicted molar refractivity (Wildman–Crippen MR) is 119 cm³/mol. The highest BCUT2D eigenvalue weighted by Gasteiger charge is 2.22. The summed E-state index contributed by atoms with van der Waals surface area (Å²) < 4.78 is 7.06. The van der Waals surface area contributed by atoms with E-state index in [9.17, 15) is 4.79 Å². The number of anilines is 1. The van der Waals surface area contributed by atoms with Crippen LogP contribution in [0.1, 0.15) is 0 Å². The summed E-state index contributed by atoms with van der Waals surface area (Å²) >= 11 is 7.31. The fourth-order valence-electron chi connectivity index (χ4n) is 3.50. The number of aromatic nitrogens is 4. The minimum absolute atomic E-state index is 0.0831. The number of hydrogen-bond acceptors (Lipinski definition) is 7. The third-order valence-electron chi connectivity index (χ3n) is 5.16. The number of nitrogens with zero attached hydrogens (tertiary/aromatic N) is 6. The third kappa shape index (κ3) is 4.24. The Bertz CT molecular complexity index is 1190. The van der Waals surface area contributed by atoms with Crippen LogP contribution in [0.3, 0.4) is 0 Å². The van der Waals surface area contributed by atoms with Crippen LogP contribution in [-0.2, 0) is 4.79 Å². The van der Waals surface area contributed by atoms with E-state index in [4.69, 9.17) is 16.0 Å². The number of carbonyl (C=O) groups excluding carboxylic acids is 1. The molecule has 0 spiro atoms. The van der Waals surface area contributed by atoms with Gasteiger partial charge in [0.2, 0.25) is 11.1 Å². The first-order chi connectivity index (χ1) is 15.2. The van der Waals surface area contributed by atoms with Crippen molar-refractivity contribution in [2.75, 3.05) is 36.8 Å². The number of hydrogen-bond donors (Lipinski definition) is 0. The van der Waals surface area contributed by atoms with Gasteiger partial charge in [-0.25, -0.2) is 0 Å². The first-order valence-corrected chi connectivity index (χ1v) is 11.2. The Morgan fingerprint density at radius 1 is 1.03 bits per heavy atom. The molecule has 0 bridgehead atoms. The summed E-state index contributed by atoms with van der Waals surface area (Å²) in [4.78, 5) is 16.9. The highest BCUT2D eigenvalue weighted by molar-refractivity contribution is 7.99. The van der Waals surface area contributed by atoms with Gasteiger partial charge in [0, 0.05) is 36.9 Å². The molecule has 0 aliphatic carbocycles. The minimum atomic E-state index is 0.0831. The smallest absolute Gasteiger partial charge is 0.233 e. The lowest BCUT2D eigenvalue weighted by Gasteiger charge is -2.36. The zero-order valence-electron chi connectivity index (χ0n) is 16.5. The Morgan fingerprint density at radius 3 is 2.58 bits per heavy atom. The summed E-state index contributed by atoms with van der Waals surface area (Å²) in [6.07, 6.45) is 1.61. The van der Waals surface area contributed by atoms with Crippen LogP contribution in [0, 0.1) is 0 Å². The van der Waals surface area contributed by atoms with Gasteiger partial charge >= 0.3 is 0 Å². The van der Waals surface area contributed by atoms with Gasteiger partial charge in [-0.15, -0.1) is 10.2 Å². The molecule has 31 heavy (non-hydrogen) atoms. The lowest BCUT2D eigenvalue weighted by Crippen LogP contribution is -2.49. The van der Waals surface area contributed by atoms with E-state index in [2.05, 4.69) is 20.2 Å². The van der Waals surface area contributed by atoms with Crippen molar-refractivity contribution in [3.8, 4) is 11.5 Å². The van der Waals surface area contributed by atoms with Crippen molar-refractivity contribution in [3.63, 3.8) is 0 Å². The number of fused-ring (bicyclic) bond motifs is 1. The third-order valence-corrected chi connectivity index (χ3v) is 6.31. The summed E-state index contributed by atoms with van der Waals surface area (Å²) in [5.41, 5.74) is 2.44. The second-order valence-corrected chi connectivity index (χ2v) is 8.46. The zero-order chi connectivity index (χ0) is 21.2. The van der Waals surface area contributed by atoms with Crippen molar-refractivity contribution in [2.24, 2.45) is 0 Å². The van der Waals surface area contributed by atoms with Crippen LogP contribution >= 0.6 is 23.4 Å². The molecule has 0 atom stereocenters. The van der Waals surface area contributed by atoms with E-state index in [1.54, 1.807) is 10.8 Å². The van der Waals surface area contributed by atoms with Gasteiger partial charge < -0.3 is 14.2 Å². The maximum Gasteiger partial charge on any atom is 0.233 e. The first kappa shape index (κ1) is 19.9. The fraction of sp³-hybridized carbons (Fsp3) is 0.238. The molecule has 1 amide bonds. The lowest BCUT2D eigenvalue weighted by atomic mass is 10.2. The SMILES string of the molecule is O=C(CSc1nnc2ccc(-c3ccco3)nn12)N1CCN(c2ccc(Cl)cc2)CC1. The van der Waals surface area contributed by atoms with Crippen molar-refractivity contribution >= 4 is 40.6 Å². The van der Waals surface area contributed by atoms with Gasteiger partial charge in [-0.2, -0.15) is 9.61 Å². The van der Waals surface area contributed by atoms with Gasteiger partial charge in [-0.3, -0.25) is 4.79 Å². The molecule has 1 aliphatic heterocycles. The molecule has 0 saturated carbocycles. The number of rotatable bonds is 5. The molecule has 3 aromatic heterocycles. The van der Waals surface area contributed by atoms with Crippen molar-refractivity contribution in [1.29, 1.82) is 0 Å². The van der Waals surface area contributed by atoms with E-state index in [1.165, 1.54) is 11.8 Å². The fourth-order valence-corrected chi connectivity index (χ4v) is 4.41. The second-order valence-electron chi connectivity index (χ2n) is 7.08. The molecule has 0 N–H and O–H groups in total. The van der Waals surface area contributed by atoms with Crippen molar-refractivity contribution in [2.45, 2.75) is 5.16 Å². The minimum Gasteiger partial charge on any atom is -0.463 e. The number of carbonyl (C=O) groups is 1. The molecule has 4 aromatic rings. The molecule has 4 heterocycles. The molecule has 158 valence electrons. The van der Waals surface area contributed by atoms with Crippen LogP contribution in [0.4, 0.5) is 5.69 Å². The number of piperazine rings is 1. The molecule has 1 fully saturated rings. The molecule has 0 radical (unpaired) electrons. The Morgan fingerprint density at radius 2 is 1.84 bits per heavy atom. The standard InChI is InChI=1S/C21H19ClN6O2S/c22-15-3-5-16(6-4-15)26-9-11-27(12-10-26)20(29)14-31-21-24-23-19-8-7-17(25-28(19)21)18-2-1-13-30-18/h1-8,13H,9-12,14H2. The maximum absolute atomic E-state index is 12.7. The van der Waals surface area contributed by atoms with Crippen molar-refractivity contribution < 1.29 is 9.21 Å². The van der Waals surface area contributed by atoms with Gasteiger partial charge in [0.25, 0.3) is 0 Å². The summed E-state index contributed by atoms with van der Waals surface area (Å²) in [6.45, 7) is 2.95. The van der Waals surface area contributed by atoms with Gasteiger partial charge in [-0.1, -0.05) is 23.4 Å². The van der Waals surface area contributed by atoms with Crippen LogP contribution < -0.4 is 4.90 Å². The molecule has 8 nitrogen and oxygen atoms in total. The van der Waals surface area contributed by atoms with E-state index in [1.807, 2.05) is 53.4 Å². The number of benzene rings is 1. The van der Waals surface area contributed by atoms with E-state index >= 15 is 0 Å². The average Bonchev–Trinajstić information content (AvgIpc) is 3.48. The van der Waals surface area contributed by atoms with E-state index in [0.29, 0.717) is 35.3 Å². The molecule has 1 aliphatic rings. The summed E-state index contributed by atoms with van der Waals surface area (Å²) in [7, 11) is 0. The Hall–Kier alpha value is -3.04. The quantitative estimate of drug-likeness (QED) is 0.427. The molecule has 1 saturated heterocycles. The van der Waals surface area contributed by atoms with E-state index in [0.717, 1.165) is 23.8 Å². The van der Waals surface area contributed by atoms with E-state index < -0.39 is 0 Å². The summed E-state index contributed by atoms with van der Waals surface area (Å²) in [6, 6.07) is 15.1. The largest absolute Gasteiger partial charge is 0.463 e. The monoisotopic (exact) mass is 454 g/mol. The normalized spacial score (nSPS) is 14.4. The van der Waals surface area contributed by atoms with Gasteiger partial charge in [0.15, 0.2) is 11.4 Å².